The van der Waals surface area contributed by atoms with E-state index in [9.17, 15) is 33.1 Å². The van der Waals surface area contributed by atoms with E-state index < -0.39 is 23.3 Å². The summed E-state index contributed by atoms with van der Waals surface area (Å²) >= 11 is 7.61. The Labute approximate surface area is 281 Å². The predicted molar refractivity (Wildman–Crippen MR) is 179 cm³/mol. The zero-order valence-electron chi connectivity index (χ0n) is 25.9. The van der Waals surface area contributed by atoms with E-state index in [-0.39, 0.29) is 53.2 Å². The van der Waals surface area contributed by atoms with Crippen LogP contribution in [0.25, 0.3) is 32.2 Å². The zero-order chi connectivity index (χ0) is 34.5. The third kappa shape index (κ3) is 5.97. The molecule has 14 heteroatoms. The molecule has 1 aliphatic heterocycles. The van der Waals surface area contributed by atoms with Crippen molar-refractivity contribution >= 4 is 55.7 Å². The smallest absolute Gasteiger partial charge is 0.418 e. The Morgan fingerprint density at radius 3 is 2.50 bits per heavy atom. The van der Waals surface area contributed by atoms with Crippen molar-refractivity contribution in [3.05, 3.63) is 84.9 Å². The van der Waals surface area contributed by atoms with Gasteiger partial charge in [-0.25, -0.2) is 9.78 Å². The largest absolute Gasteiger partial charge is 0.478 e. The van der Waals surface area contributed by atoms with Crippen LogP contribution in [0.4, 0.5) is 18.9 Å². The number of piperazine rings is 1. The van der Waals surface area contributed by atoms with Gasteiger partial charge in [0.2, 0.25) is 0 Å². The fourth-order valence-corrected chi connectivity index (χ4v) is 7.08. The number of pyridine rings is 1. The number of nitrogens with zero attached hydrogens (tertiary/aromatic N) is 6. The minimum atomic E-state index is -4.78. The van der Waals surface area contributed by atoms with Gasteiger partial charge >= 0.3 is 12.1 Å². The standard InChI is InChI=1S/C34H26ClF3N6O3S/c1-18-13-23(31-29(40-18)25(17-48-31)33(46)47)22-14-21(35)7-6-20(22)5-4-8-44-19(2)41-27-15-26(34(36,37)38)30(24(16-39)28(27)32(44)45)43-11-9-42(3)10-12-43/h6-7,13-15,17H,8-12H2,1-3H3,(H,46,47). The molecule has 3 aromatic heterocycles. The maximum absolute atomic E-state index is 14.3. The fraction of sp³-hybridized carbons (Fsp3) is 0.265. The van der Waals surface area contributed by atoms with Gasteiger partial charge in [0.15, 0.2) is 0 Å². The lowest BCUT2D eigenvalue weighted by Crippen LogP contribution is -2.45. The number of carboxylic acids is 1. The van der Waals surface area contributed by atoms with Gasteiger partial charge < -0.3 is 14.9 Å². The lowest BCUT2D eigenvalue weighted by atomic mass is 9.99. The van der Waals surface area contributed by atoms with Crippen molar-refractivity contribution in [2.75, 3.05) is 38.1 Å². The molecule has 1 saturated heterocycles. The molecule has 1 N–H and O–H groups in total. The van der Waals surface area contributed by atoms with Crippen molar-refractivity contribution in [1.82, 2.24) is 19.4 Å². The van der Waals surface area contributed by atoms with Crippen LogP contribution in [-0.2, 0) is 12.7 Å². The van der Waals surface area contributed by atoms with Crippen LogP contribution in [-0.4, -0.2) is 63.7 Å². The average Bonchev–Trinajstić information content (AvgIpc) is 3.46. The van der Waals surface area contributed by atoms with Gasteiger partial charge in [-0.1, -0.05) is 23.4 Å². The summed E-state index contributed by atoms with van der Waals surface area (Å²) in [6, 6.07) is 9.64. The van der Waals surface area contributed by atoms with Crippen LogP contribution in [0.2, 0.25) is 5.02 Å². The van der Waals surface area contributed by atoms with Gasteiger partial charge in [0.1, 0.15) is 11.9 Å². The van der Waals surface area contributed by atoms with E-state index in [1.165, 1.54) is 33.1 Å². The third-order valence-corrected chi connectivity index (χ3v) is 9.50. The molecule has 1 aliphatic rings. The normalized spacial score (nSPS) is 13.8. The topological polar surface area (TPSA) is 115 Å². The minimum absolute atomic E-state index is 0.0862. The summed E-state index contributed by atoms with van der Waals surface area (Å²) in [5.41, 5.74) is 0.343. The molecular formula is C34H26ClF3N6O3S. The van der Waals surface area contributed by atoms with Crippen LogP contribution in [0.15, 0.2) is 40.5 Å². The number of aromatic carboxylic acids is 1. The molecule has 0 atom stereocenters. The molecule has 6 rings (SSSR count). The molecule has 48 heavy (non-hydrogen) atoms. The highest BCUT2D eigenvalue weighted by molar-refractivity contribution is 7.18. The molecule has 2 aromatic carbocycles. The maximum atomic E-state index is 14.3. The van der Waals surface area contributed by atoms with Crippen molar-refractivity contribution in [3.63, 3.8) is 0 Å². The average molecular weight is 691 g/mol. The van der Waals surface area contributed by atoms with Crippen molar-refractivity contribution < 1.29 is 23.1 Å². The molecule has 0 unspecified atom stereocenters. The zero-order valence-corrected chi connectivity index (χ0v) is 27.4. The van der Waals surface area contributed by atoms with E-state index in [0.29, 0.717) is 50.7 Å². The number of hydrogen-bond donors (Lipinski definition) is 1. The van der Waals surface area contributed by atoms with Crippen molar-refractivity contribution in [2.24, 2.45) is 0 Å². The number of alkyl halides is 3. The first-order valence-electron chi connectivity index (χ1n) is 14.7. The molecule has 9 nitrogen and oxygen atoms in total. The number of hydrogen-bond acceptors (Lipinski definition) is 8. The number of thiophene rings is 1. The first-order valence-corrected chi connectivity index (χ1v) is 15.9. The molecule has 0 aliphatic carbocycles. The molecule has 0 amide bonds. The number of nitriles is 1. The van der Waals surface area contributed by atoms with Gasteiger partial charge in [0, 0.05) is 59.0 Å². The monoisotopic (exact) mass is 690 g/mol. The van der Waals surface area contributed by atoms with Gasteiger partial charge in [0.25, 0.3) is 5.56 Å². The highest BCUT2D eigenvalue weighted by atomic mass is 35.5. The number of carbonyl (C=O) groups is 1. The molecule has 5 aromatic rings. The summed E-state index contributed by atoms with van der Waals surface area (Å²) in [5.74, 6) is 5.10. The van der Waals surface area contributed by atoms with Gasteiger partial charge in [0.05, 0.1) is 50.0 Å². The Kier molecular flexibility index (Phi) is 8.64. The van der Waals surface area contributed by atoms with Crippen molar-refractivity contribution in [2.45, 2.75) is 26.6 Å². The summed E-state index contributed by atoms with van der Waals surface area (Å²) < 4.78 is 44.9. The quantitative estimate of drug-likeness (QED) is 0.218. The maximum Gasteiger partial charge on any atom is 0.418 e. The van der Waals surface area contributed by atoms with E-state index >= 15 is 0 Å². The number of rotatable bonds is 4. The third-order valence-electron chi connectivity index (χ3n) is 8.26. The lowest BCUT2D eigenvalue weighted by molar-refractivity contribution is -0.137. The number of benzene rings is 2. The highest BCUT2D eigenvalue weighted by Crippen LogP contribution is 2.42. The fourth-order valence-electron chi connectivity index (χ4n) is 5.90. The van der Waals surface area contributed by atoms with E-state index in [1.54, 1.807) is 25.1 Å². The van der Waals surface area contributed by atoms with Crippen LogP contribution >= 0.6 is 22.9 Å². The number of anilines is 1. The van der Waals surface area contributed by atoms with Crippen LogP contribution in [0.5, 0.6) is 0 Å². The predicted octanol–water partition coefficient (Wildman–Crippen LogP) is 6.34. The molecule has 0 radical (unpaired) electrons. The number of aromatic nitrogens is 3. The number of aryl methyl sites for hydroxylation is 2. The summed E-state index contributed by atoms with van der Waals surface area (Å²) in [5, 5.41) is 21.6. The van der Waals surface area contributed by atoms with Crippen molar-refractivity contribution in [3.8, 4) is 29.0 Å². The Hall–Kier alpha value is -4.95. The second-order valence-corrected chi connectivity index (χ2v) is 12.7. The summed E-state index contributed by atoms with van der Waals surface area (Å²) in [4.78, 5) is 38.0. The minimum Gasteiger partial charge on any atom is -0.478 e. The number of fused-ring (bicyclic) bond motifs is 2. The molecule has 4 heterocycles. The SMILES string of the molecule is Cc1cc(-c2cc(Cl)ccc2C#CCn2c(C)nc3cc(C(F)(F)F)c(N4CCN(C)CC4)c(C#N)c3c2=O)c2scc(C(=O)O)c2n1. The molecule has 0 spiro atoms. The van der Waals surface area contributed by atoms with Gasteiger partial charge in [-0.3, -0.25) is 14.3 Å². The highest BCUT2D eigenvalue weighted by Gasteiger charge is 2.38. The van der Waals surface area contributed by atoms with E-state index in [2.05, 4.69) is 21.8 Å². The molecule has 244 valence electrons. The summed E-state index contributed by atoms with van der Waals surface area (Å²) in [6.07, 6.45) is -4.78. The molecule has 0 saturated carbocycles. The van der Waals surface area contributed by atoms with E-state index in [4.69, 9.17) is 11.6 Å². The van der Waals surface area contributed by atoms with Gasteiger partial charge in [-0.15, -0.1) is 11.3 Å². The van der Waals surface area contributed by atoms with E-state index in [0.717, 1.165) is 6.07 Å². The van der Waals surface area contributed by atoms with Gasteiger partial charge in [-0.05, 0) is 51.2 Å². The number of halogens is 4. The van der Waals surface area contributed by atoms with Crippen molar-refractivity contribution in [1.29, 1.82) is 5.26 Å². The second-order valence-electron chi connectivity index (χ2n) is 11.4. The number of likely N-dealkylation sites (N-methyl/N-ethyl adjacent to an activating group) is 1. The molecular weight excluding hydrogens is 665 g/mol. The van der Waals surface area contributed by atoms with Gasteiger partial charge in [-0.2, -0.15) is 18.4 Å². The summed E-state index contributed by atoms with van der Waals surface area (Å²) in [6.45, 7) is 4.60. The second kappa shape index (κ2) is 12.6. The number of carboxylic acid groups (broad SMARTS) is 1. The first kappa shape index (κ1) is 33.0. The van der Waals surface area contributed by atoms with Crippen LogP contribution < -0.4 is 10.5 Å². The van der Waals surface area contributed by atoms with Crippen LogP contribution in [0.1, 0.15) is 38.6 Å². The Morgan fingerprint density at radius 1 is 1.10 bits per heavy atom. The van der Waals surface area contributed by atoms with Crippen LogP contribution in [0, 0.1) is 37.0 Å². The van der Waals surface area contributed by atoms with E-state index in [1.807, 2.05) is 24.1 Å². The van der Waals surface area contributed by atoms with Crippen LogP contribution in [0.3, 0.4) is 0 Å². The first-order chi connectivity index (χ1) is 22.8. The lowest BCUT2D eigenvalue weighted by Gasteiger charge is -2.36. The Balaban J connectivity index is 1.46. The Bertz CT molecular complexity index is 2310. The molecule has 1 fully saturated rings. The molecule has 0 bridgehead atoms. The Morgan fingerprint density at radius 2 is 1.83 bits per heavy atom. The summed E-state index contributed by atoms with van der Waals surface area (Å²) in [7, 11) is 1.86.